The van der Waals surface area contributed by atoms with E-state index in [1.165, 1.54) is 24.1 Å². The summed E-state index contributed by atoms with van der Waals surface area (Å²) in [6.45, 7) is -0.144. The van der Waals surface area contributed by atoms with Crippen LogP contribution in [0.5, 0.6) is 28.7 Å². The van der Waals surface area contributed by atoms with Gasteiger partial charge in [-0.05, 0) is 48.6 Å². The number of nitrogens with zero attached hydrogens (tertiary/aromatic N) is 3. The van der Waals surface area contributed by atoms with E-state index in [2.05, 4.69) is 20.7 Å². The number of hydrogen-bond donors (Lipinski definition) is 2. The van der Waals surface area contributed by atoms with Crippen LogP contribution in [0.1, 0.15) is 0 Å². The minimum absolute atomic E-state index is 0.0563. The summed E-state index contributed by atoms with van der Waals surface area (Å²) in [4.78, 5) is 17.0. The zero-order valence-electron chi connectivity index (χ0n) is 21.7. The van der Waals surface area contributed by atoms with E-state index >= 15 is 0 Å². The second-order valence-electron chi connectivity index (χ2n) is 8.47. The molecular formula is C28H24FN5O5S. The molecule has 0 aliphatic carbocycles. The van der Waals surface area contributed by atoms with Crippen molar-refractivity contribution in [3.05, 3.63) is 72.8 Å². The molecule has 1 amide bonds. The largest absolute Gasteiger partial charge is 0.494 e. The molecule has 2 N–H and O–H groups in total. The number of thiocarbonyl (C=S) groups is 1. The van der Waals surface area contributed by atoms with E-state index in [4.69, 9.17) is 31.2 Å². The van der Waals surface area contributed by atoms with Crippen molar-refractivity contribution in [1.29, 1.82) is 0 Å². The molecule has 0 fully saturated rings. The molecule has 0 aliphatic rings. The summed E-state index contributed by atoms with van der Waals surface area (Å²) in [7, 11) is 4.63. The van der Waals surface area contributed by atoms with E-state index in [1.54, 1.807) is 68.9 Å². The van der Waals surface area contributed by atoms with Gasteiger partial charge in [0.1, 0.15) is 29.6 Å². The highest BCUT2D eigenvalue weighted by Crippen LogP contribution is 2.38. The molecule has 0 saturated heterocycles. The summed E-state index contributed by atoms with van der Waals surface area (Å²) in [6.07, 6.45) is 3.02. The summed E-state index contributed by atoms with van der Waals surface area (Å²) < 4.78 is 37.8. The van der Waals surface area contributed by atoms with Gasteiger partial charge in [0.25, 0.3) is 0 Å². The van der Waals surface area contributed by atoms with E-state index in [0.717, 1.165) is 5.39 Å². The number of halogens is 1. The molecule has 12 heteroatoms. The highest BCUT2D eigenvalue weighted by molar-refractivity contribution is 7.80. The molecule has 204 valence electrons. The molecule has 5 rings (SSSR count). The van der Waals surface area contributed by atoms with Crippen molar-refractivity contribution in [3.8, 4) is 28.7 Å². The molecule has 0 saturated carbocycles. The van der Waals surface area contributed by atoms with Gasteiger partial charge in [-0.3, -0.25) is 14.5 Å². The third-order valence-corrected chi connectivity index (χ3v) is 6.24. The maximum absolute atomic E-state index is 13.9. The number of anilines is 1. The van der Waals surface area contributed by atoms with Gasteiger partial charge in [-0.1, -0.05) is 6.07 Å². The van der Waals surface area contributed by atoms with E-state index in [-0.39, 0.29) is 11.7 Å². The van der Waals surface area contributed by atoms with Crippen LogP contribution < -0.4 is 29.6 Å². The van der Waals surface area contributed by atoms with Crippen LogP contribution in [0.2, 0.25) is 0 Å². The van der Waals surface area contributed by atoms with Crippen molar-refractivity contribution in [1.82, 2.24) is 20.1 Å². The second-order valence-corrected chi connectivity index (χ2v) is 8.88. The van der Waals surface area contributed by atoms with Crippen molar-refractivity contribution in [2.75, 3.05) is 26.6 Å². The number of fused-ring (bicyclic) bond motifs is 2. The Hall–Kier alpha value is -4.97. The smallest absolute Gasteiger partial charge is 0.247 e. The van der Waals surface area contributed by atoms with Crippen LogP contribution in [0.4, 0.5) is 10.1 Å². The molecule has 0 aliphatic heterocycles. The van der Waals surface area contributed by atoms with Crippen LogP contribution >= 0.6 is 12.2 Å². The molecule has 0 unspecified atom stereocenters. The molecule has 5 aromatic rings. The molecule has 2 aromatic heterocycles. The van der Waals surface area contributed by atoms with Gasteiger partial charge in [-0.25, -0.2) is 4.39 Å². The second kappa shape index (κ2) is 11.4. The third kappa shape index (κ3) is 5.43. The lowest BCUT2D eigenvalue weighted by Gasteiger charge is -2.15. The lowest BCUT2D eigenvalue weighted by molar-refractivity contribution is -0.120. The molecule has 0 radical (unpaired) electrons. The zero-order valence-corrected chi connectivity index (χ0v) is 22.5. The van der Waals surface area contributed by atoms with E-state index in [9.17, 15) is 9.18 Å². The first-order chi connectivity index (χ1) is 19.4. The van der Waals surface area contributed by atoms with Gasteiger partial charge in [-0.2, -0.15) is 5.10 Å². The van der Waals surface area contributed by atoms with Crippen molar-refractivity contribution < 1.29 is 28.1 Å². The summed E-state index contributed by atoms with van der Waals surface area (Å²) in [5.74, 6) is 1.76. The Morgan fingerprint density at radius 2 is 1.73 bits per heavy atom. The summed E-state index contributed by atoms with van der Waals surface area (Å²) >= 11 is 5.32. The van der Waals surface area contributed by atoms with Crippen LogP contribution in [0.15, 0.2) is 67.0 Å². The standard InChI is InChI=1S/C28H24FN5O5S/c1-36-24-11-16(39-23-9-10-30-21-13-26(38-3)25(37-2)12-17(21)23)7-8-20(24)32-28(40)33-27(35)15-34-22-6-4-5-19(29)18(22)14-31-34/h4-14H,15H2,1-3H3,(H2,32,33,35,40). The summed E-state index contributed by atoms with van der Waals surface area (Å²) in [6, 6.07) is 15.0. The molecule has 2 heterocycles. The van der Waals surface area contributed by atoms with E-state index in [0.29, 0.717) is 50.9 Å². The number of amides is 1. The summed E-state index contributed by atoms with van der Waals surface area (Å²) in [5, 5.41) is 10.8. The fourth-order valence-corrected chi connectivity index (χ4v) is 4.38. The highest BCUT2D eigenvalue weighted by atomic mass is 32.1. The van der Waals surface area contributed by atoms with Crippen molar-refractivity contribution in [2.45, 2.75) is 6.54 Å². The SMILES string of the molecule is COc1cc(Oc2ccnc3cc(OC)c(OC)cc23)ccc1NC(=S)NC(=O)Cn1ncc2c(F)cccc21. The number of ether oxygens (including phenoxy) is 4. The first-order valence-corrected chi connectivity index (χ1v) is 12.4. The van der Waals surface area contributed by atoms with Gasteiger partial charge in [0.2, 0.25) is 5.91 Å². The zero-order chi connectivity index (χ0) is 28.2. The fourth-order valence-electron chi connectivity index (χ4n) is 4.15. The van der Waals surface area contributed by atoms with Gasteiger partial charge in [0.15, 0.2) is 16.6 Å². The van der Waals surface area contributed by atoms with Crippen LogP contribution in [0, 0.1) is 5.82 Å². The van der Waals surface area contributed by atoms with Crippen molar-refractivity contribution >= 4 is 50.7 Å². The Bertz CT molecular complexity index is 1740. The monoisotopic (exact) mass is 561 g/mol. The first-order valence-electron chi connectivity index (χ1n) is 12.0. The molecule has 3 aromatic carbocycles. The van der Waals surface area contributed by atoms with Crippen LogP contribution in [-0.4, -0.2) is 47.1 Å². The number of carbonyl (C=O) groups is 1. The average Bonchev–Trinajstić information content (AvgIpc) is 3.36. The lowest BCUT2D eigenvalue weighted by atomic mass is 10.2. The predicted molar refractivity (Wildman–Crippen MR) is 152 cm³/mol. The van der Waals surface area contributed by atoms with Gasteiger partial charge in [0.05, 0.1) is 49.6 Å². The molecule has 0 bridgehead atoms. The summed E-state index contributed by atoms with van der Waals surface area (Å²) in [5.41, 5.74) is 1.69. The van der Waals surface area contributed by atoms with Crippen LogP contribution in [-0.2, 0) is 11.3 Å². The van der Waals surface area contributed by atoms with Gasteiger partial charge in [0, 0.05) is 23.7 Å². The Balaban J connectivity index is 1.28. The van der Waals surface area contributed by atoms with E-state index in [1.807, 2.05) is 0 Å². The lowest BCUT2D eigenvalue weighted by Crippen LogP contribution is -2.36. The van der Waals surface area contributed by atoms with E-state index < -0.39 is 11.7 Å². The average molecular weight is 562 g/mol. The number of methoxy groups -OCH3 is 3. The molecule has 0 atom stereocenters. The maximum atomic E-state index is 13.9. The molecular weight excluding hydrogens is 537 g/mol. The minimum Gasteiger partial charge on any atom is -0.494 e. The minimum atomic E-state index is -0.428. The first kappa shape index (κ1) is 26.6. The number of aromatic nitrogens is 3. The number of nitrogens with one attached hydrogen (secondary N) is 2. The Morgan fingerprint density at radius 3 is 2.50 bits per heavy atom. The Kier molecular flexibility index (Phi) is 7.60. The van der Waals surface area contributed by atoms with Crippen molar-refractivity contribution in [2.24, 2.45) is 0 Å². The quantitative estimate of drug-likeness (QED) is 0.252. The Morgan fingerprint density at radius 1 is 0.950 bits per heavy atom. The van der Waals surface area contributed by atoms with Gasteiger partial charge >= 0.3 is 0 Å². The Labute approximate surface area is 233 Å². The topological polar surface area (TPSA) is 109 Å². The molecule has 0 spiro atoms. The van der Waals surface area contributed by atoms with Crippen LogP contribution in [0.3, 0.4) is 0 Å². The fraction of sp³-hybridized carbons (Fsp3) is 0.143. The van der Waals surface area contributed by atoms with Crippen LogP contribution in [0.25, 0.3) is 21.8 Å². The molecule has 10 nitrogen and oxygen atoms in total. The maximum Gasteiger partial charge on any atom is 0.247 e. The molecule has 40 heavy (non-hydrogen) atoms. The number of pyridine rings is 1. The highest BCUT2D eigenvalue weighted by Gasteiger charge is 2.15. The number of carbonyl (C=O) groups excluding carboxylic acids is 1. The van der Waals surface area contributed by atoms with Crippen molar-refractivity contribution in [3.63, 3.8) is 0 Å². The number of rotatable bonds is 8. The normalized spacial score (nSPS) is 10.8. The van der Waals surface area contributed by atoms with Gasteiger partial charge in [-0.15, -0.1) is 0 Å². The number of hydrogen-bond acceptors (Lipinski definition) is 8. The number of benzene rings is 3. The van der Waals surface area contributed by atoms with Gasteiger partial charge < -0.3 is 29.6 Å². The predicted octanol–water partition coefficient (Wildman–Crippen LogP) is 5.05. The third-order valence-electron chi connectivity index (χ3n) is 6.04.